The van der Waals surface area contributed by atoms with Gasteiger partial charge in [-0.3, -0.25) is 0 Å². The van der Waals surface area contributed by atoms with E-state index in [-0.39, 0.29) is 5.41 Å². The molecule has 0 radical (unpaired) electrons. The van der Waals surface area contributed by atoms with Crippen LogP contribution in [-0.2, 0) is 0 Å². The van der Waals surface area contributed by atoms with Crippen molar-refractivity contribution in [3.05, 3.63) is 0 Å². The predicted octanol–water partition coefficient (Wildman–Crippen LogP) is 2.58. The summed E-state index contributed by atoms with van der Waals surface area (Å²) >= 11 is 2.09. The van der Waals surface area contributed by atoms with Crippen molar-refractivity contribution in [3.63, 3.8) is 0 Å². The second-order valence-corrected chi connectivity index (χ2v) is 8.45. The van der Waals surface area contributed by atoms with Gasteiger partial charge in [-0.1, -0.05) is 20.8 Å². The lowest BCUT2D eigenvalue weighted by molar-refractivity contribution is 0.220. The fourth-order valence-electron chi connectivity index (χ4n) is 2.06. The number of hydrogen-bond donors (Lipinski definition) is 1. The molecule has 2 nitrogen and oxygen atoms in total. The van der Waals surface area contributed by atoms with Crippen LogP contribution in [0.3, 0.4) is 0 Å². The van der Waals surface area contributed by atoms with Crippen LogP contribution in [-0.4, -0.2) is 41.1 Å². The lowest BCUT2D eigenvalue weighted by Gasteiger charge is -2.38. The minimum absolute atomic E-state index is 0.236. The number of rotatable bonds is 3. The molecule has 1 aliphatic rings. The molecule has 0 aromatic carbocycles. The van der Waals surface area contributed by atoms with Crippen molar-refractivity contribution in [3.8, 4) is 0 Å². The normalized spacial score (nSPS) is 24.4. The SMILES string of the molecule is CC1(C)CN(CCC(N)C(C)(C)C)CCS1. The third-order valence-electron chi connectivity index (χ3n) is 3.37. The van der Waals surface area contributed by atoms with Crippen molar-refractivity contribution in [2.45, 2.75) is 51.8 Å². The molecule has 0 bridgehead atoms. The Bertz CT molecular complexity index is 220. The lowest BCUT2D eigenvalue weighted by atomic mass is 9.85. The summed E-state index contributed by atoms with van der Waals surface area (Å²) in [6.45, 7) is 15.0. The Morgan fingerprint density at radius 3 is 2.50 bits per heavy atom. The molecule has 1 aliphatic heterocycles. The van der Waals surface area contributed by atoms with Crippen LogP contribution in [0.5, 0.6) is 0 Å². The molecule has 96 valence electrons. The van der Waals surface area contributed by atoms with Crippen molar-refractivity contribution in [2.24, 2.45) is 11.1 Å². The molecule has 0 spiro atoms. The highest BCUT2D eigenvalue weighted by Gasteiger charge is 2.28. The lowest BCUT2D eigenvalue weighted by Crippen LogP contribution is -2.45. The highest BCUT2D eigenvalue weighted by molar-refractivity contribution is 8.00. The van der Waals surface area contributed by atoms with Crippen LogP contribution in [0, 0.1) is 5.41 Å². The van der Waals surface area contributed by atoms with Gasteiger partial charge < -0.3 is 10.6 Å². The molecule has 1 fully saturated rings. The van der Waals surface area contributed by atoms with E-state index in [1.54, 1.807) is 0 Å². The molecule has 3 heteroatoms. The van der Waals surface area contributed by atoms with Gasteiger partial charge in [0.2, 0.25) is 0 Å². The second kappa shape index (κ2) is 5.28. The van der Waals surface area contributed by atoms with Crippen LogP contribution in [0.1, 0.15) is 41.0 Å². The molecule has 1 heterocycles. The minimum atomic E-state index is 0.236. The van der Waals surface area contributed by atoms with Crippen LogP contribution in [0.15, 0.2) is 0 Å². The molecule has 1 atom stereocenters. The van der Waals surface area contributed by atoms with Gasteiger partial charge in [0.1, 0.15) is 0 Å². The highest BCUT2D eigenvalue weighted by atomic mass is 32.2. The highest BCUT2D eigenvalue weighted by Crippen LogP contribution is 2.30. The van der Waals surface area contributed by atoms with Gasteiger partial charge in [-0.2, -0.15) is 11.8 Å². The minimum Gasteiger partial charge on any atom is -0.327 e. The van der Waals surface area contributed by atoms with Gasteiger partial charge in [0, 0.05) is 29.6 Å². The van der Waals surface area contributed by atoms with Gasteiger partial charge in [0.05, 0.1) is 0 Å². The molecular formula is C13H28N2S. The third kappa shape index (κ3) is 4.64. The Kier molecular flexibility index (Phi) is 4.73. The van der Waals surface area contributed by atoms with E-state index in [2.05, 4.69) is 51.3 Å². The van der Waals surface area contributed by atoms with Crippen molar-refractivity contribution < 1.29 is 0 Å². The maximum Gasteiger partial charge on any atom is 0.0231 e. The van der Waals surface area contributed by atoms with Crippen molar-refractivity contribution >= 4 is 11.8 Å². The summed E-state index contributed by atoms with van der Waals surface area (Å²) in [5.74, 6) is 1.26. The van der Waals surface area contributed by atoms with E-state index in [1.165, 1.54) is 18.8 Å². The monoisotopic (exact) mass is 244 g/mol. The Morgan fingerprint density at radius 1 is 1.38 bits per heavy atom. The van der Waals surface area contributed by atoms with E-state index >= 15 is 0 Å². The van der Waals surface area contributed by atoms with Crippen LogP contribution < -0.4 is 5.73 Å². The number of hydrogen-bond acceptors (Lipinski definition) is 3. The fourth-order valence-corrected chi connectivity index (χ4v) is 3.24. The van der Waals surface area contributed by atoms with Crippen LogP contribution in [0.4, 0.5) is 0 Å². The standard InChI is InChI=1S/C13H28N2S/c1-12(2,3)11(14)6-7-15-8-9-16-13(4,5)10-15/h11H,6-10,14H2,1-5H3. The van der Waals surface area contributed by atoms with E-state index < -0.39 is 0 Å². The summed E-state index contributed by atoms with van der Waals surface area (Å²) in [6, 6.07) is 0.310. The Labute approximate surface area is 105 Å². The smallest absolute Gasteiger partial charge is 0.0231 e. The first kappa shape index (κ1) is 14.3. The van der Waals surface area contributed by atoms with Crippen LogP contribution >= 0.6 is 11.8 Å². The van der Waals surface area contributed by atoms with Gasteiger partial charge in [0.15, 0.2) is 0 Å². The molecular weight excluding hydrogens is 216 g/mol. The van der Waals surface area contributed by atoms with Crippen molar-refractivity contribution in [1.29, 1.82) is 0 Å². The molecule has 1 unspecified atom stereocenters. The average Bonchev–Trinajstić information content (AvgIpc) is 2.11. The Morgan fingerprint density at radius 2 is 2.00 bits per heavy atom. The van der Waals surface area contributed by atoms with E-state index in [4.69, 9.17) is 5.73 Å². The Hall–Kier alpha value is 0.270. The molecule has 16 heavy (non-hydrogen) atoms. The summed E-state index contributed by atoms with van der Waals surface area (Å²) in [4.78, 5) is 2.57. The molecule has 0 amide bonds. The summed E-state index contributed by atoms with van der Waals surface area (Å²) in [6.07, 6.45) is 1.12. The van der Waals surface area contributed by atoms with E-state index in [1.807, 2.05) is 0 Å². The third-order valence-corrected chi connectivity index (χ3v) is 4.67. The molecule has 0 aromatic heterocycles. The average molecular weight is 244 g/mol. The first-order chi connectivity index (χ1) is 7.21. The molecule has 0 aliphatic carbocycles. The number of nitrogens with zero attached hydrogens (tertiary/aromatic N) is 1. The van der Waals surface area contributed by atoms with Crippen LogP contribution in [0.2, 0.25) is 0 Å². The maximum atomic E-state index is 6.20. The molecule has 0 saturated carbocycles. The topological polar surface area (TPSA) is 29.3 Å². The van der Waals surface area contributed by atoms with E-state index in [0.29, 0.717) is 10.8 Å². The quantitative estimate of drug-likeness (QED) is 0.827. The van der Waals surface area contributed by atoms with Crippen LogP contribution in [0.25, 0.3) is 0 Å². The van der Waals surface area contributed by atoms with Gasteiger partial charge in [0.25, 0.3) is 0 Å². The van der Waals surface area contributed by atoms with Gasteiger partial charge in [-0.05, 0) is 32.2 Å². The Balaban J connectivity index is 2.33. The van der Waals surface area contributed by atoms with Gasteiger partial charge >= 0.3 is 0 Å². The first-order valence-electron chi connectivity index (χ1n) is 6.33. The molecule has 1 saturated heterocycles. The second-order valence-electron chi connectivity index (χ2n) is 6.65. The predicted molar refractivity (Wildman–Crippen MR) is 75.0 cm³/mol. The van der Waals surface area contributed by atoms with Crippen molar-refractivity contribution in [1.82, 2.24) is 4.90 Å². The zero-order chi connectivity index (χ0) is 12.4. The fraction of sp³-hybridized carbons (Fsp3) is 1.00. The molecule has 2 N–H and O–H groups in total. The van der Waals surface area contributed by atoms with Gasteiger partial charge in [-0.25, -0.2) is 0 Å². The number of nitrogens with two attached hydrogens (primary N) is 1. The van der Waals surface area contributed by atoms with E-state index in [0.717, 1.165) is 13.0 Å². The largest absolute Gasteiger partial charge is 0.327 e. The summed E-state index contributed by atoms with van der Waals surface area (Å²) in [7, 11) is 0. The van der Waals surface area contributed by atoms with E-state index in [9.17, 15) is 0 Å². The van der Waals surface area contributed by atoms with Gasteiger partial charge in [-0.15, -0.1) is 0 Å². The van der Waals surface area contributed by atoms with Crippen molar-refractivity contribution in [2.75, 3.05) is 25.4 Å². The summed E-state index contributed by atoms with van der Waals surface area (Å²) < 4.78 is 0.421. The zero-order valence-electron chi connectivity index (χ0n) is 11.5. The molecule has 0 aromatic rings. The summed E-state index contributed by atoms with van der Waals surface area (Å²) in [5, 5.41) is 0. The summed E-state index contributed by atoms with van der Waals surface area (Å²) in [5.41, 5.74) is 6.44. The maximum absolute atomic E-state index is 6.20. The molecule has 1 rings (SSSR count). The number of thioether (sulfide) groups is 1. The zero-order valence-corrected chi connectivity index (χ0v) is 12.4. The first-order valence-corrected chi connectivity index (χ1v) is 7.31.